The molecule has 9 heteroatoms. The first kappa shape index (κ1) is 32.5. The second-order valence-corrected chi connectivity index (χ2v) is 6.30. The van der Waals surface area contributed by atoms with Gasteiger partial charge in [-0.05, 0) is 6.42 Å². The molecule has 8 nitrogen and oxygen atoms in total. The number of Topliss-reactive ketones (excluding diaryl/α,β-unsaturated/α-hetero) is 1. The number of nitrogens with one attached hydrogen (secondary N) is 2. The van der Waals surface area contributed by atoms with Crippen molar-refractivity contribution in [3.63, 3.8) is 0 Å². The maximum Gasteiger partial charge on any atom is 0.243 e. The number of ether oxygens (including phenoxy) is 2. The topological polar surface area (TPSA) is 114 Å². The largest absolute Gasteiger partial charge is 0.400 e. The third-order valence-corrected chi connectivity index (χ3v) is 3.73. The third kappa shape index (κ3) is 21.4. The van der Waals surface area contributed by atoms with Gasteiger partial charge < -0.3 is 25.2 Å². The number of hydrogen-bond donors (Lipinski definition) is 4. The van der Waals surface area contributed by atoms with Gasteiger partial charge in [0, 0.05) is 42.4 Å². The van der Waals surface area contributed by atoms with Crippen LogP contribution in [0.25, 0.3) is 0 Å². The maximum atomic E-state index is 11.9. The van der Waals surface area contributed by atoms with Gasteiger partial charge in [-0.25, -0.2) is 0 Å². The van der Waals surface area contributed by atoms with Crippen LogP contribution in [0.3, 0.4) is 0 Å². The van der Waals surface area contributed by atoms with E-state index in [0.717, 1.165) is 13.5 Å². The van der Waals surface area contributed by atoms with Gasteiger partial charge in [0.1, 0.15) is 11.8 Å². The Labute approximate surface area is 186 Å². The van der Waals surface area contributed by atoms with Crippen molar-refractivity contribution >= 4 is 30.2 Å². The third-order valence-electron chi connectivity index (χ3n) is 3.37. The molecule has 0 heterocycles. The van der Waals surface area contributed by atoms with Crippen molar-refractivity contribution < 1.29 is 33.2 Å². The molecule has 0 aromatic rings. The van der Waals surface area contributed by atoms with Crippen LogP contribution in [0.4, 0.5) is 0 Å². The van der Waals surface area contributed by atoms with E-state index in [0.29, 0.717) is 45.8 Å². The Kier molecular flexibility index (Phi) is 27.9. The molecule has 0 fully saturated rings. The lowest BCUT2D eigenvalue weighted by atomic mass is 10.1. The number of thiol groups is 1. The summed E-state index contributed by atoms with van der Waals surface area (Å²) in [5.41, 5.74) is 0. The normalized spacial score (nSPS) is 10.8. The van der Waals surface area contributed by atoms with Gasteiger partial charge in [-0.15, -0.1) is 0 Å². The molecule has 3 N–H and O–H groups in total. The van der Waals surface area contributed by atoms with Gasteiger partial charge in [-0.2, -0.15) is 12.6 Å². The van der Waals surface area contributed by atoms with Crippen LogP contribution in [0, 0.1) is 5.92 Å². The number of aliphatic hydroxyl groups excluding tert-OH is 1. The molecule has 0 aromatic carbocycles. The quantitative estimate of drug-likeness (QED) is 0.228. The van der Waals surface area contributed by atoms with E-state index in [-0.39, 0.29) is 33.5 Å². The lowest BCUT2D eigenvalue weighted by molar-refractivity contribution is -0.128. The first-order valence-corrected chi connectivity index (χ1v) is 10.9. The van der Waals surface area contributed by atoms with Gasteiger partial charge >= 0.3 is 0 Å². The fraction of sp³-hybridized carbons (Fsp3) is 0.850. The summed E-state index contributed by atoms with van der Waals surface area (Å²) < 4.78 is 10.7. The Morgan fingerprint density at radius 3 is 2.03 bits per heavy atom. The monoisotopic (exact) mass is 444 g/mol. The maximum absolute atomic E-state index is 11.9. The van der Waals surface area contributed by atoms with E-state index in [1.54, 1.807) is 0 Å². The summed E-state index contributed by atoms with van der Waals surface area (Å²) in [6, 6.07) is -0.635. The molecular weight excluding hydrogens is 396 g/mol. The molecular formula is C20H48N2O6S. The van der Waals surface area contributed by atoms with Crippen molar-refractivity contribution in [2.45, 2.75) is 59.9 Å². The zero-order chi connectivity index (χ0) is 23.1. The first-order chi connectivity index (χ1) is 13.9. The molecule has 0 unspecified atom stereocenters. The van der Waals surface area contributed by atoms with Gasteiger partial charge in [0.25, 0.3) is 0 Å². The molecule has 0 aliphatic rings. The van der Waals surface area contributed by atoms with Gasteiger partial charge in [0.15, 0.2) is 0 Å². The summed E-state index contributed by atoms with van der Waals surface area (Å²) in [5.74, 6) is 0.0442. The van der Waals surface area contributed by atoms with Crippen LogP contribution < -0.4 is 10.6 Å². The van der Waals surface area contributed by atoms with E-state index in [1.807, 2.05) is 34.6 Å². The van der Waals surface area contributed by atoms with Crippen LogP contribution in [-0.2, 0) is 23.9 Å². The predicted octanol–water partition coefficient (Wildman–Crippen LogP) is 2.34. The standard InChI is InChI=1S/C17H32N2O5S.C2H6.CH4O.3H2/c1-4-5-16(21)19-14(12-25)17(22)18-7-9-24-11-10-23-8-6-15(20)13(2)3;2*1-2;;;/h13-14,25H,4-12H2,1-3H3,(H,18,22)(H,19,21);1-2H3;2H,1H3;3*1H/t14-;;;;;/m0...../s1. The second-order valence-electron chi connectivity index (χ2n) is 5.94. The van der Waals surface area contributed by atoms with E-state index >= 15 is 0 Å². The summed E-state index contributed by atoms with van der Waals surface area (Å²) in [5, 5.41) is 12.3. The number of carbonyl (C=O) groups excluding carboxylic acids is 3. The van der Waals surface area contributed by atoms with Gasteiger partial charge in [-0.1, -0.05) is 34.6 Å². The number of hydrogen-bond acceptors (Lipinski definition) is 7. The van der Waals surface area contributed by atoms with Gasteiger partial charge in [0.2, 0.25) is 11.8 Å². The summed E-state index contributed by atoms with van der Waals surface area (Å²) >= 11 is 4.09. The molecule has 2 amide bonds. The summed E-state index contributed by atoms with van der Waals surface area (Å²) in [4.78, 5) is 34.8. The van der Waals surface area contributed by atoms with Crippen molar-refractivity contribution in [2.75, 3.05) is 45.8 Å². The van der Waals surface area contributed by atoms with E-state index in [9.17, 15) is 14.4 Å². The Morgan fingerprint density at radius 1 is 1.00 bits per heavy atom. The van der Waals surface area contributed by atoms with Crippen LogP contribution in [0.15, 0.2) is 0 Å². The molecule has 0 aliphatic heterocycles. The van der Waals surface area contributed by atoms with Gasteiger partial charge in [-0.3, -0.25) is 14.4 Å². The second kappa shape index (κ2) is 24.9. The SMILES string of the molecule is CC.CCCC(=O)N[C@@H](CS)C(=O)NCCOCCOCCC(=O)C(C)C.CO.[HH].[HH].[HH]. The number of carbonyl (C=O) groups is 3. The van der Waals surface area contributed by atoms with Gasteiger partial charge in [0.05, 0.1) is 26.4 Å². The lowest BCUT2D eigenvalue weighted by Gasteiger charge is -2.16. The highest BCUT2D eigenvalue weighted by Crippen LogP contribution is 1.98. The van der Waals surface area contributed by atoms with Crippen molar-refractivity contribution in [1.29, 1.82) is 0 Å². The van der Waals surface area contributed by atoms with Crippen LogP contribution in [0.5, 0.6) is 0 Å². The number of amides is 2. The summed E-state index contributed by atoms with van der Waals surface area (Å²) in [6.45, 7) is 11.5. The highest BCUT2D eigenvalue weighted by Gasteiger charge is 2.18. The fourth-order valence-electron chi connectivity index (χ4n) is 1.84. The molecule has 0 rings (SSSR count). The lowest BCUT2D eigenvalue weighted by Crippen LogP contribution is -2.48. The average Bonchev–Trinajstić information content (AvgIpc) is 2.73. The molecule has 0 spiro atoms. The van der Waals surface area contributed by atoms with Crippen molar-refractivity contribution in [3.8, 4) is 0 Å². The minimum absolute atomic E-state index is 0. The predicted molar refractivity (Wildman–Crippen MR) is 126 cm³/mol. The zero-order valence-electron chi connectivity index (χ0n) is 19.0. The first-order valence-electron chi connectivity index (χ1n) is 10.2. The molecule has 29 heavy (non-hydrogen) atoms. The summed E-state index contributed by atoms with van der Waals surface area (Å²) in [7, 11) is 1.00. The molecule has 180 valence electrons. The highest BCUT2D eigenvalue weighted by molar-refractivity contribution is 7.80. The molecule has 0 saturated heterocycles. The molecule has 0 bridgehead atoms. The van der Waals surface area contributed by atoms with E-state index in [4.69, 9.17) is 14.6 Å². The number of aliphatic hydroxyl groups is 1. The highest BCUT2D eigenvalue weighted by atomic mass is 32.1. The average molecular weight is 445 g/mol. The smallest absolute Gasteiger partial charge is 0.243 e. The van der Waals surface area contributed by atoms with E-state index in [1.165, 1.54) is 0 Å². The Balaban J connectivity index is -0.000000227. The molecule has 1 atom stereocenters. The van der Waals surface area contributed by atoms with Crippen molar-refractivity contribution in [2.24, 2.45) is 5.92 Å². The Morgan fingerprint density at radius 2 is 1.55 bits per heavy atom. The zero-order valence-corrected chi connectivity index (χ0v) is 19.8. The van der Waals surface area contributed by atoms with Crippen LogP contribution >= 0.6 is 12.6 Å². The number of ketones is 1. The Hall–Kier alpha value is -1.16. The Bertz CT molecular complexity index is 423. The minimum Gasteiger partial charge on any atom is -0.400 e. The van der Waals surface area contributed by atoms with Crippen LogP contribution in [0.1, 0.15) is 58.2 Å². The molecule has 0 aromatic heterocycles. The van der Waals surface area contributed by atoms with E-state index < -0.39 is 6.04 Å². The van der Waals surface area contributed by atoms with Crippen LogP contribution in [0.2, 0.25) is 0 Å². The van der Waals surface area contributed by atoms with Crippen LogP contribution in [-0.4, -0.2) is 74.6 Å². The molecule has 0 saturated carbocycles. The van der Waals surface area contributed by atoms with Crippen molar-refractivity contribution in [3.05, 3.63) is 0 Å². The minimum atomic E-state index is -0.635. The molecule has 0 aliphatic carbocycles. The van der Waals surface area contributed by atoms with Crippen molar-refractivity contribution in [1.82, 2.24) is 10.6 Å². The molecule has 0 radical (unpaired) electrons. The van der Waals surface area contributed by atoms with E-state index in [2.05, 4.69) is 23.3 Å². The fourth-order valence-corrected chi connectivity index (χ4v) is 2.10. The number of rotatable bonds is 15. The summed E-state index contributed by atoms with van der Waals surface area (Å²) in [6.07, 6.45) is 1.54.